The molecule has 0 N–H and O–H groups in total. The highest BCUT2D eigenvalue weighted by Crippen LogP contribution is 2.35. The standard InChI is InChI=1S/C21H23NO3S/c1-15-8-10-18(11-9-15)20-13-12-19(17(3)23)14-22(20)26(24,25)21-7-5-4-6-16(21)2/h4-12,20H,13-14H2,1-3H3/t20-/m0/s1. The number of rotatable bonds is 4. The first kappa shape index (κ1) is 18.5. The number of aryl methyl sites for hydroxylation is 2. The van der Waals surface area contributed by atoms with E-state index in [-0.39, 0.29) is 18.4 Å². The van der Waals surface area contributed by atoms with Gasteiger partial charge in [-0.25, -0.2) is 8.42 Å². The van der Waals surface area contributed by atoms with Crippen molar-refractivity contribution < 1.29 is 13.2 Å². The first-order chi connectivity index (χ1) is 12.3. The lowest BCUT2D eigenvalue weighted by atomic mass is 9.96. The Morgan fingerprint density at radius 2 is 1.69 bits per heavy atom. The van der Waals surface area contributed by atoms with Crippen LogP contribution in [-0.4, -0.2) is 25.1 Å². The van der Waals surface area contributed by atoms with Crippen LogP contribution in [0.4, 0.5) is 0 Å². The first-order valence-electron chi connectivity index (χ1n) is 8.64. The van der Waals surface area contributed by atoms with Gasteiger partial charge in [0.15, 0.2) is 5.78 Å². The van der Waals surface area contributed by atoms with Crippen molar-refractivity contribution in [3.05, 3.63) is 76.9 Å². The Kier molecular flexibility index (Phi) is 5.12. The van der Waals surface area contributed by atoms with Crippen molar-refractivity contribution in [2.45, 2.75) is 38.1 Å². The molecule has 0 radical (unpaired) electrons. The highest BCUT2D eigenvalue weighted by molar-refractivity contribution is 7.89. The maximum Gasteiger partial charge on any atom is 0.244 e. The predicted octanol–water partition coefficient (Wildman–Crippen LogP) is 3.95. The Bertz CT molecular complexity index is 959. The highest BCUT2D eigenvalue weighted by Gasteiger charge is 2.36. The molecule has 0 saturated carbocycles. The molecule has 0 aliphatic carbocycles. The average molecular weight is 369 g/mol. The van der Waals surface area contributed by atoms with Crippen LogP contribution in [0.15, 0.2) is 65.1 Å². The van der Waals surface area contributed by atoms with Gasteiger partial charge in [-0.1, -0.05) is 54.1 Å². The molecule has 136 valence electrons. The summed E-state index contributed by atoms with van der Waals surface area (Å²) >= 11 is 0. The molecule has 0 bridgehead atoms. The van der Waals surface area contributed by atoms with E-state index in [9.17, 15) is 13.2 Å². The molecule has 2 aromatic rings. The molecule has 1 atom stereocenters. The lowest BCUT2D eigenvalue weighted by molar-refractivity contribution is -0.113. The van der Waals surface area contributed by atoms with Crippen LogP contribution in [0.1, 0.15) is 36.1 Å². The van der Waals surface area contributed by atoms with Gasteiger partial charge >= 0.3 is 0 Å². The van der Waals surface area contributed by atoms with Gasteiger partial charge in [0, 0.05) is 12.1 Å². The molecule has 2 aromatic carbocycles. The fourth-order valence-electron chi connectivity index (χ4n) is 3.28. The second kappa shape index (κ2) is 7.17. The van der Waals surface area contributed by atoms with E-state index in [0.717, 1.165) is 11.1 Å². The third-order valence-corrected chi connectivity index (χ3v) is 6.87. The van der Waals surface area contributed by atoms with E-state index >= 15 is 0 Å². The topological polar surface area (TPSA) is 54.5 Å². The van der Waals surface area contributed by atoms with Crippen LogP contribution in [0, 0.1) is 13.8 Å². The molecule has 0 aromatic heterocycles. The normalized spacial score (nSPS) is 18.4. The van der Waals surface area contributed by atoms with E-state index < -0.39 is 10.0 Å². The van der Waals surface area contributed by atoms with Gasteiger partial charge in [0.25, 0.3) is 0 Å². The maximum atomic E-state index is 13.4. The number of carbonyl (C=O) groups excluding carboxylic acids is 1. The number of carbonyl (C=O) groups is 1. The van der Waals surface area contributed by atoms with E-state index in [1.807, 2.05) is 43.3 Å². The van der Waals surface area contributed by atoms with Crippen molar-refractivity contribution in [3.8, 4) is 0 Å². The maximum absolute atomic E-state index is 13.4. The number of sulfonamides is 1. The molecule has 26 heavy (non-hydrogen) atoms. The third kappa shape index (κ3) is 3.50. The van der Waals surface area contributed by atoms with Crippen LogP contribution >= 0.6 is 0 Å². The van der Waals surface area contributed by atoms with Crippen LogP contribution in [0.2, 0.25) is 0 Å². The third-order valence-electron chi connectivity index (χ3n) is 4.86. The van der Waals surface area contributed by atoms with Crippen LogP contribution in [0.5, 0.6) is 0 Å². The molecule has 0 unspecified atom stereocenters. The molecule has 5 heteroatoms. The molecule has 3 rings (SSSR count). The van der Waals surface area contributed by atoms with Crippen LogP contribution in [0.3, 0.4) is 0 Å². The van der Waals surface area contributed by atoms with E-state index in [4.69, 9.17) is 0 Å². The summed E-state index contributed by atoms with van der Waals surface area (Å²) in [5.74, 6) is -0.0858. The van der Waals surface area contributed by atoms with Gasteiger partial charge in [0.05, 0.1) is 10.9 Å². The van der Waals surface area contributed by atoms with Crippen molar-refractivity contribution in [3.63, 3.8) is 0 Å². The largest absolute Gasteiger partial charge is 0.295 e. The minimum absolute atomic E-state index is 0.0858. The number of hydrogen-bond acceptors (Lipinski definition) is 3. The molecule has 1 heterocycles. The van der Waals surface area contributed by atoms with Crippen LogP contribution < -0.4 is 0 Å². The molecule has 0 saturated heterocycles. The minimum Gasteiger partial charge on any atom is -0.295 e. The van der Waals surface area contributed by atoms with Gasteiger partial charge in [-0.2, -0.15) is 4.31 Å². The zero-order valence-electron chi connectivity index (χ0n) is 15.3. The Hall–Kier alpha value is -2.24. The summed E-state index contributed by atoms with van der Waals surface area (Å²) in [5, 5.41) is 0. The summed E-state index contributed by atoms with van der Waals surface area (Å²) in [5.41, 5.74) is 3.31. The number of ketones is 1. The van der Waals surface area contributed by atoms with Crippen LogP contribution in [-0.2, 0) is 14.8 Å². The summed E-state index contributed by atoms with van der Waals surface area (Å²) in [7, 11) is -3.73. The lowest BCUT2D eigenvalue weighted by Gasteiger charge is -2.34. The van der Waals surface area contributed by atoms with E-state index in [2.05, 4.69) is 0 Å². The number of benzene rings is 2. The second-order valence-corrected chi connectivity index (χ2v) is 8.62. The molecule has 0 spiro atoms. The fraction of sp³-hybridized carbons (Fsp3) is 0.286. The van der Waals surface area contributed by atoms with Crippen molar-refractivity contribution in [1.29, 1.82) is 0 Å². The second-order valence-electron chi connectivity index (χ2n) is 6.76. The van der Waals surface area contributed by atoms with Gasteiger partial charge in [0.2, 0.25) is 10.0 Å². The molecule has 0 fully saturated rings. The zero-order valence-corrected chi connectivity index (χ0v) is 16.1. The Balaban J connectivity index is 2.10. The molecule has 1 aliphatic heterocycles. The average Bonchev–Trinajstić information content (AvgIpc) is 2.62. The van der Waals surface area contributed by atoms with E-state index in [1.54, 1.807) is 25.1 Å². The first-order valence-corrected chi connectivity index (χ1v) is 10.1. The molecular weight excluding hydrogens is 346 g/mol. The Morgan fingerprint density at radius 1 is 1.04 bits per heavy atom. The lowest BCUT2D eigenvalue weighted by Crippen LogP contribution is -2.39. The highest BCUT2D eigenvalue weighted by atomic mass is 32.2. The molecule has 1 aliphatic rings. The van der Waals surface area contributed by atoms with Crippen LogP contribution in [0.25, 0.3) is 0 Å². The van der Waals surface area contributed by atoms with Crippen molar-refractivity contribution in [1.82, 2.24) is 4.31 Å². The predicted molar refractivity (Wildman–Crippen MR) is 102 cm³/mol. The summed E-state index contributed by atoms with van der Waals surface area (Å²) < 4.78 is 28.3. The summed E-state index contributed by atoms with van der Waals surface area (Å²) in [6, 6.07) is 14.6. The van der Waals surface area contributed by atoms with E-state index in [1.165, 1.54) is 11.2 Å². The number of Topliss-reactive ketones (excluding diaryl/α,β-unsaturated/α-hetero) is 1. The smallest absolute Gasteiger partial charge is 0.244 e. The summed E-state index contributed by atoms with van der Waals surface area (Å²) in [4.78, 5) is 12.2. The van der Waals surface area contributed by atoms with E-state index in [0.29, 0.717) is 22.5 Å². The van der Waals surface area contributed by atoms with Gasteiger partial charge in [-0.05, 0) is 44.4 Å². The molecule has 4 nitrogen and oxygen atoms in total. The molecular formula is C21H23NO3S. The Morgan fingerprint density at radius 3 is 2.31 bits per heavy atom. The minimum atomic E-state index is -3.73. The Labute approximate surface area is 155 Å². The molecule has 0 amide bonds. The van der Waals surface area contributed by atoms with Gasteiger partial charge in [-0.3, -0.25) is 4.79 Å². The van der Waals surface area contributed by atoms with Gasteiger partial charge < -0.3 is 0 Å². The summed E-state index contributed by atoms with van der Waals surface area (Å²) in [6.45, 7) is 5.38. The number of hydrogen-bond donors (Lipinski definition) is 0. The summed E-state index contributed by atoms with van der Waals surface area (Å²) in [6.07, 6.45) is 2.36. The monoisotopic (exact) mass is 369 g/mol. The van der Waals surface area contributed by atoms with Crippen molar-refractivity contribution >= 4 is 15.8 Å². The quantitative estimate of drug-likeness (QED) is 0.820. The van der Waals surface area contributed by atoms with Crippen molar-refractivity contribution in [2.75, 3.05) is 6.54 Å². The zero-order chi connectivity index (χ0) is 18.9. The van der Waals surface area contributed by atoms with Gasteiger partial charge in [-0.15, -0.1) is 0 Å². The number of nitrogens with zero attached hydrogens (tertiary/aromatic N) is 1. The van der Waals surface area contributed by atoms with Crippen molar-refractivity contribution in [2.24, 2.45) is 0 Å². The fourth-order valence-corrected chi connectivity index (χ4v) is 5.11. The SMILES string of the molecule is CC(=O)C1=CC[C@@H](c2ccc(C)cc2)N(S(=O)(=O)c2ccccc2C)C1. The van der Waals surface area contributed by atoms with Gasteiger partial charge in [0.1, 0.15) is 0 Å².